The summed E-state index contributed by atoms with van der Waals surface area (Å²) in [5.41, 5.74) is -1.25. The number of halogens is 1. The summed E-state index contributed by atoms with van der Waals surface area (Å²) in [5, 5.41) is 13.1. The van der Waals surface area contributed by atoms with Crippen LogP contribution in [0.5, 0.6) is 5.75 Å². The average molecular weight is 348 g/mol. The fourth-order valence-electron chi connectivity index (χ4n) is 2.84. The second kappa shape index (κ2) is 6.54. The summed E-state index contributed by atoms with van der Waals surface area (Å²) in [6.07, 6.45) is 0.991. The second-order valence-corrected chi connectivity index (χ2v) is 6.04. The van der Waals surface area contributed by atoms with Crippen LogP contribution in [-0.4, -0.2) is 39.1 Å². The molecule has 0 bridgehead atoms. The highest BCUT2D eigenvalue weighted by molar-refractivity contribution is 5.96. The van der Waals surface area contributed by atoms with Crippen molar-refractivity contribution in [1.82, 2.24) is 10.1 Å². The molecule has 1 amide bonds. The third-order valence-electron chi connectivity index (χ3n) is 4.33. The van der Waals surface area contributed by atoms with Gasteiger partial charge < -0.3 is 19.3 Å². The fraction of sp³-hybridized carbons (Fsp3) is 0.353. The van der Waals surface area contributed by atoms with Crippen LogP contribution in [0.3, 0.4) is 0 Å². The van der Waals surface area contributed by atoms with Crippen molar-refractivity contribution < 1.29 is 28.3 Å². The molecule has 1 aromatic carbocycles. The van der Waals surface area contributed by atoms with E-state index in [0.29, 0.717) is 19.4 Å². The molecule has 2 heterocycles. The van der Waals surface area contributed by atoms with Gasteiger partial charge in [0.1, 0.15) is 12.1 Å². The molecule has 3 rings (SSSR count). The Morgan fingerprint density at radius 2 is 2.20 bits per heavy atom. The zero-order chi connectivity index (χ0) is 18.0. The van der Waals surface area contributed by atoms with E-state index in [1.54, 1.807) is 12.1 Å². The smallest absolute Gasteiger partial charge is 0.329 e. The Bertz CT molecular complexity index is 806. The first-order valence-electron chi connectivity index (χ1n) is 7.80. The maximum atomic E-state index is 13.5. The first-order valence-corrected chi connectivity index (χ1v) is 7.80. The van der Waals surface area contributed by atoms with E-state index in [1.165, 1.54) is 30.0 Å². The van der Waals surface area contributed by atoms with Crippen molar-refractivity contribution in [2.45, 2.75) is 31.9 Å². The number of hydrogen-bond donors (Lipinski definition) is 1. The predicted molar refractivity (Wildman–Crippen MR) is 83.5 cm³/mol. The largest absolute Gasteiger partial charge is 0.482 e. The number of nitrogens with zero attached hydrogens (tertiary/aromatic N) is 2. The van der Waals surface area contributed by atoms with E-state index >= 15 is 0 Å². The van der Waals surface area contributed by atoms with Crippen LogP contribution in [0.1, 0.15) is 36.0 Å². The van der Waals surface area contributed by atoms with Gasteiger partial charge >= 0.3 is 5.97 Å². The summed E-state index contributed by atoms with van der Waals surface area (Å²) in [6, 6.07) is 7.30. The summed E-state index contributed by atoms with van der Waals surface area (Å²) >= 11 is 0. The highest BCUT2D eigenvalue weighted by atomic mass is 19.1. The Hall–Kier alpha value is -2.90. The van der Waals surface area contributed by atoms with E-state index in [4.69, 9.17) is 9.26 Å². The van der Waals surface area contributed by atoms with Gasteiger partial charge in [0.25, 0.3) is 5.91 Å². The number of carboxylic acids is 1. The lowest BCUT2D eigenvalue weighted by Gasteiger charge is -2.30. The molecular formula is C17H17FN2O5. The summed E-state index contributed by atoms with van der Waals surface area (Å²) < 4.78 is 23.8. The highest BCUT2D eigenvalue weighted by Crippen LogP contribution is 2.30. The topological polar surface area (TPSA) is 92.9 Å². The highest BCUT2D eigenvalue weighted by Gasteiger charge is 2.46. The van der Waals surface area contributed by atoms with Crippen LogP contribution in [0, 0.1) is 5.82 Å². The first kappa shape index (κ1) is 16.9. The Morgan fingerprint density at radius 3 is 2.92 bits per heavy atom. The van der Waals surface area contributed by atoms with Crippen molar-refractivity contribution in [1.29, 1.82) is 0 Å². The third kappa shape index (κ3) is 3.19. The summed E-state index contributed by atoms with van der Waals surface area (Å²) in [7, 11) is 0. The zero-order valence-corrected chi connectivity index (χ0v) is 13.6. The number of amides is 1. The van der Waals surface area contributed by atoms with Gasteiger partial charge in [-0.05, 0) is 31.9 Å². The van der Waals surface area contributed by atoms with E-state index < -0.39 is 23.2 Å². The molecule has 132 valence electrons. The Balaban J connectivity index is 1.70. The molecule has 0 aliphatic carbocycles. The van der Waals surface area contributed by atoms with Crippen molar-refractivity contribution in [3.63, 3.8) is 0 Å². The van der Waals surface area contributed by atoms with Gasteiger partial charge in [0.05, 0.1) is 0 Å². The molecule has 1 N–H and O–H groups in total. The number of carbonyl (C=O) groups excluding carboxylic acids is 1. The second-order valence-electron chi connectivity index (χ2n) is 6.04. The van der Waals surface area contributed by atoms with E-state index in [-0.39, 0.29) is 23.8 Å². The fourth-order valence-corrected chi connectivity index (χ4v) is 2.84. The predicted octanol–water partition coefficient (Wildman–Crippen LogP) is 2.47. The number of carboxylic acid groups (broad SMARTS) is 1. The van der Waals surface area contributed by atoms with E-state index in [0.717, 1.165) is 0 Å². The number of carbonyl (C=O) groups is 2. The lowest BCUT2D eigenvalue weighted by atomic mass is 9.99. The van der Waals surface area contributed by atoms with Crippen molar-refractivity contribution in [3.05, 3.63) is 47.6 Å². The van der Waals surface area contributed by atoms with Gasteiger partial charge in [-0.2, -0.15) is 0 Å². The Morgan fingerprint density at radius 1 is 1.44 bits per heavy atom. The molecular weight excluding hydrogens is 331 g/mol. The number of hydrogen-bond acceptors (Lipinski definition) is 5. The van der Waals surface area contributed by atoms with Gasteiger partial charge in [-0.1, -0.05) is 17.3 Å². The van der Waals surface area contributed by atoms with E-state index in [2.05, 4.69) is 5.16 Å². The van der Waals surface area contributed by atoms with Crippen LogP contribution in [0.2, 0.25) is 0 Å². The molecule has 0 spiro atoms. The molecule has 1 saturated heterocycles. The average Bonchev–Trinajstić information content (AvgIpc) is 3.21. The van der Waals surface area contributed by atoms with Gasteiger partial charge in [-0.15, -0.1) is 0 Å². The number of aliphatic carboxylic acids is 1. The van der Waals surface area contributed by atoms with Crippen LogP contribution < -0.4 is 4.74 Å². The van der Waals surface area contributed by atoms with Crippen molar-refractivity contribution >= 4 is 11.9 Å². The normalized spacial score (nSPS) is 19.8. The lowest BCUT2D eigenvalue weighted by Crippen LogP contribution is -2.50. The molecule has 0 radical (unpaired) electrons. The van der Waals surface area contributed by atoms with Crippen LogP contribution >= 0.6 is 0 Å². The van der Waals surface area contributed by atoms with E-state index in [1.807, 2.05) is 0 Å². The molecule has 1 aromatic heterocycles. The molecule has 7 nitrogen and oxygen atoms in total. The van der Waals surface area contributed by atoms with Gasteiger partial charge in [-0.25, -0.2) is 9.18 Å². The zero-order valence-electron chi connectivity index (χ0n) is 13.6. The van der Waals surface area contributed by atoms with E-state index in [9.17, 15) is 19.1 Å². The first-order chi connectivity index (χ1) is 11.9. The maximum absolute atomic E-state index is 13.5. The number of aromatic nitrogens is 1. The van der Waals surface area contributed by atoms with Gasteiger partial charge in [-0.3, -0.25) is 4.79 Å². The molecule has 1 unspecified atom stereocenters. The van der Waals surface area contributed by atoms with Crippen LogP contribution in [-0.2, 0) is 11.4 Å². The number of rotatable bonds is 5. The Labute approximate surface area is 143 Å². The minimum absolute atomic E-state index is 0.00140. The molecule has 2 aromatic rings. The minimum Gasteiger partial charge on any atom is -0.482 e. The van der Waals surface area contributed by atoms with Crippen molar-refractivity contribution in [2.75, 3.05) is 6.54 Å². The Kier molecular flexibility index (Phi) is 4.43. The van der Waals surface area contributed by atoms with Gasteiger partial charge in [0.15, 0.2) is 23.0 Å². The molecule has 8 heteroatoms. The molecule has 1 aliphatic heterocycles. The monoisotopic (exact) mass is 348 g/mol. The van der Waals surface area contributed by atoms with Crippen LogP contribution in [0.25, 0.3) is 0 Å². The summed E-state index contributed by atoms with van der Waals surface area (Å²) in [6.45, 7) is 1.76. The number of likely N-dealkylation sites (tertiary alicyclic amines) is 1. The molecule has 25 heavy (non-hydrogen) atoms. The van der Waals surface area contributed by atoms with Gasteiger partial charge in [0, 0.05) is 12.6 Å². The molecule has 1 atom stereocenters. The van der Waals surface area contributed by atoms with Crippen molar-refractivity contribution in [3.8, 4) is 5.75 Å². The standard InChI is InChI=1S/C17H17FN2O5/c1-17(16(22)23)7-4-8-20(17)15(21)13-9-11(25-19-13)10-24-14-6-3-2-5-12(14)18/h2-3,5-6,9H,4,7-8,10H2,1H3,(H,22,23). The summed E-state index contributed by atoms with van der Waals surface area (Å²) in [5.74, 6) is -1.77. The quantitative estimate of drug-likeness (QED) is 0.892. The molecule has 1 aliphatic rings. The minimum atomic E-state index is -1.25. The maximum Gasteiger partial charge on any atom is 0.329 e. The number of benzene rings is 1. The number of ether oxygens (including phenoxy) is 1. The van der Waals surface area contributed by atoms with Crippen molar-refractivity contribution in [2.24, 2.45) is 0 Å². The number of para-hydroxylation sites is 1. The lowest BCUT2D eigenvalue weighted by molar-refractivity contribution is -0.147. The molecule has 0 saturated carbocycles. The molecule has 1 fully saturated rings. The van der Waals surface area contributed by atoms with Crippen LogP contribution in [0.4, 0.5) is 4.39 Å². The summed E-state index contributed by atoms with van der Waals surface area (Å²) in [4.78, 5) is 25.3. The van der Waals surface area contributed by atoms with Gasteiger partial charge in [0.2, 0.25) is 0 Å². The SMILES string of the molecule is CC1(C(=O)O)CCCN1C(=O)c1cc(COc2ccccc2F)on1. The van der Waals surface area contributed by atoms with Crippen LogP contribution in [0.15, 0.2) is 34.9 Å². The third-order valence-corrected chi connectivity index (χ3v) is 4.33.